The molecule has 0 radical (unpaired) electrons. The molecular formula is C13H26O2. The lowest BCUT2D eigenvalue weighted by atomic mass is 9.98. The van der Waals surface area contributed by atoms with Gasteiger partial charge in [-0.1, -0.05) is 27.2 Å². The summed E-state index contributed by atoms with van der Waals surface area (Å²) in [6.07, 6.45) is 3.68. The zero-order valence-electron chi connectivity index (χ0n) is 10.5. The number of rotatable bonds is 4. The predicted octanol–water partition coefficient (Wildman–Crippen LogP) is 3.11. The molecule has 1 heterocycles. The summed E-state index contributed by atoms with van der Waals surface area (Å²) in [6, 6.07) is 0. The van der Waals surface area contributed by atoms with Gasteiger partial charge in [-0.25, -0.2) is 0 Å². The molecule has 0 spiro atoms. The lowest BCUT2D eigenvalue weighted by Gasteiger charge is -2.26. The van der Waals surface area contributed by atoms with E-state index < -0.39 is 0 Å². The lowest BCUT2D eigenvalue weighted by molar-refractivity contribution is -0.0381. The zero-order valence-corrected chi connectivity index (χ0v) is 10.5. The molecule has 1 aliphatic heterocycles. The van der Waals surface area contributed by atoms with Gasteiger partial charge in [0.05, 0.1) is 26.4 Å². The Morgan fingerprint density at radius 2 is 1.53 bits per heavy atom. The van der Waals surface area contributed by atoms with Crippen molar-refractivity contribution in [3.8, 4) is 0 Å². The van der Waals surface area contributed by atoms with E-state index in [1.807, 2.05) is 0 Å². The molecule has 15 heavy (non-hydrogen) atoms. The van der Waals surface area contributed by atoms with Gasteiger partial charge in [0.2, 0.25) is 0 Å². The summed E-state index contributed by atoms with van der Waals surface area (Å²) < 4.78 is 11.5. The van der Waals surface area contributed by atoms with Gasteiger partial charge in [-0.3, -0.25) is 0 Å². The topological polar surface area (TPSA) is 18.5 Å². The summed E-state index contributed by atoms with van der Waals surface area (Å²) in [5.41, 5.74) is 0. The summed E-state index contributed by atoms with van der Waals surface area (Å²) in [7, 11) is 0. The molecule has 0 unspecified atom stereocenters. The molecule has 1 aliphatic rings. The van der Waals surface area contributed by atoms with Crippen LogP contribution in [0.15, 0.2) is 0 Å². The number of hydrogen-bond acceptors (Lipinski definition) is 2. The van der Waals surface area contributed by atoms with E-state index >= 15 is 0 Å². The summed E-state index contributed by atoms with van der Waals surface area (Å²) in [4.78, 5) is 0. The molecule has 2 heteroatoms. The van der Waals surface area contributed by atoms with Crippen molar-refractivity contribution in [2.75, 3.05) is 26.4 Å². The molecule has 0 bridgehead atoms. The first-order valence-electron chi connectivity index (χ1n) is 6.37. The van der Waals surface area contributed by atoms with Gasteiger partial charge in [0, 0.05) is 11.8 Å². The molecule has 0 aliphatic carbocycles. The minimum absolute atomic E-state index is 0.604. The highest BCUT2D eigenvalue weighted by Crippen LogP contribution is 2.17. The van der Waals surface area contributed by atoms with Crippen LogP contribution in [0.2, 0.25) is 0 Å². The maximum Gasteiger partial charge on any atom is 0.0516 e. The smallest absolute Gasteiger partial charge is 0.0516 e. The number of ether oxygens (including phenoxy) is 2. The Labute approximate surface area is 94.3 Å². The Kier molecular flexibility index (Phi) is 6.26. The van der Waals surface area contributed by atoms with Crippen LogP contribution in [-0.2, 0) is 9.47 Å². The van der Waals surface area contributed by atoms with Gasteiger partial charge in [-0.15, -0.1) is 0 Å². The van der Waals surface area contributed by atoms with Crippen LogP contribution in [-0.4, -0.2) is 26.4 Å². The van der Waals surface area contributed by atoms with Gasteiger partial charge in [-0.05, 0) is 18.8 Å². The Balaban J connectivity index is 2.24. The van der Waals surface area contributed by atoms with Gasteiger partial charge in [-0.2, -0.15) is 0 Å². The van der Waals surface area contributed by atoms with E-state index in [1.165, 1.54) is 19.3 Å². The van der Waals surface area contributed by atoms with Crippen molar-refractivity contribution in [2.45, 2.75) is 40.0 Å². The highest BCUT2D eigenvalue weighted by molar-refractivity contribution is 4.65. The van der Waals surface area contributed by atoms with Gasteiger partial charge in [0.15, 0.2) is 0 Å². The molecule has 1 rings (SSSR count). The molecule has 0 atom stereocenters. The summed E-state index contributed by atoms with van der Waals surface area (Å²) >= 11 is 0. The molecular weight excluding hydrogens is 188 g/mol. The van der Waals surface area contributed by atoms with Crippen LogP contribution >= 0.6 is 0 Å². The van der Waals surface area contributed by atoms with E-state index in [4.69, 9.17) is 9.47 Å². The molecule has 0 N–H and O–H groups in total. The second kappa shape index (κ2) is 7.24. The van der Waals surface area contributed by atoms with Crippen molar-refractivity contribution in [2.24, 2.45) is 17.8 Å². The normalized spacial score (nSPS) is 28.8. The van der Waals surface area contributed by atoms with Crippen molar-refractivity contribution < 1.29 is 9.47 Å². The average Bonchev–Trinajstić information content (AvgIpc) is 2.12. The first-order valence-corrected chi connectivity index (χ1v) is 6.37. The third kappa shape index (κ3) is 5.53. The van der Waals surface area contributed by atoms with Crippen LogP contribution in [0.4, 0.5) is 0 Å². The fraction of sp³-hybridized carbons (Fsp3) is 1.00. The first-order chi connectivity index (χ1) is 7.22. The fourth-order valence-electron chi connectivity index (χ4n) is 2.28. The molecule has 90 valence electrons. The molecule has 0 amide bonds. The van der Waals surface area contributed by atoms with Crippen molar-refractivity contribution in [3.63, 3.8) is 0 Å². The van der Waals surface area contributed by atoms with Crippen LogP contribution in [0.25, 0.3) is 0 Å². The summed E-state index contributed by atoms with van der Waals surface area (Å²) in [5, 5.41) is 0. The highest BCUT2D eigenvalue weighted by atomic mass is 16.5. The highest BCUT2D eigenvalue weighted by Gasteiger charge is 2.17. The monoisotopic (exact) mass is 214 g/mol. The molecule has 2 nitrogen and oxygen atoms in total. The van der Waals surface area contributed by atoms with Crippen LogP contribution in [0, 0.1) is 17.8 Å². The van der Waals surface area contributed by atoms with Gasteiger partial charge < -0.3 is 9.47 Å². The lowest BCUT2D eigenvalue weighted by Crippen LogP contribution is -2.27. The van der Waals surface area contributed by atoms with Gasteiger partial charge >= 0.3 is 0 Å². The van der Waals surface area contributed by atoms with Gasteiger partial charge in [0.25, 0.3) is 0 Å². The largest absolute Gasteiger partial charge is 0.381 e. The minimum atomic E-state index is 0.604. The van der Waals surface area contributed by atoms with Gasteiger partial charge in [0.1, 0.15) is 0 Å². The minimum Gasteiger partial charge on any atom is -0.381 e. The molecule has 0 aromatic rings. The fourth-order valence-corrected chi connectivity index (χ4v) is 2.28. The van der Waals surface area contributed by atoms with Crippen molar-refractivity contribution in [1.29, 1.82) is 0 Å². The molecule has 0 aromatic carbocycles. The number of hydrogen-bond donors (Lipinski definition) is 0. The van der Waals surface area contributed by atoms with Crippen molar-refractivity contribution in [1.82, 2.24) is 0 Å². The Bertz CT molecular complexity index is 147. The molecule has 0 aromatic heterocycles. The molecule has 0 saturated carbocycles. The van der Waals surface area contributed by atoms with Crippen LogP contribution < -0.4 is 0 Å². The molecule has 1 fully saturated rings. The van der Waals surface area contributed by atoms with Crippen molar-refractivity contribution in [3.05, 3.63) is 0 Å². The second-order valence-corrected chi connectivity index (χ2v) is 5.23. The zero-order chi connectivity index (χ0) is 11.1. The van der Waals surface area contributed by atoms with E-state index in [0.717, 1.165) is 32.3 Å². The summed E-state index contributed by atoms with van der Waals surface area (Å²) in [6.45, 7) is 10.3. The predicted molar refractivity (Wildman–Crippen MR) is 63.0 cm³/mol. The standard InChI is InChI=1S/C13H26O2/c1-4-5-12-7-14-9-13(6-11(2)3)10-15-8-12/h11-13H,4-10H2,1-3H3. The van der Waals surface area contributed by atoms with E-state index in [9.17, 15) is 0 Å². The van der Waals surface area contributed by atoms with E-state index in [1.54, 1.807) is 0 Å². The quantitative estimate of drug-likeness (QED) is 0.716. The van der Waals surface area contributed by atoms with E-state index in [0.29, 0.717) is 11.8 Å². The van der Waals surface area contributed by atoms with E-state index in [-0.39, 0.29) is 0 Å². The van der Waals surface area contributed by atoms with Crippen LogP contribution in [0.1, 0.15) is 40.0 Å². The first kappa shape index (κ1) is 13.0. The summed E-state index contributed by atoms with van der Waals surface area (Å²) in [5.74, 6) is 1.97. The van der Waals surface area contributed by atoms with Crippen LogP contribution in [0.3, 0.4) is 0 Å². The second-order valence-electron chi connectivity index (χ2n) is 5.23. The SMILES string of the molecule is CCCC1COCC(CC(C)C)COC1. The average molecular weight is 214 g/mol. The molecule has 1 saturated heterocycles. The maximum absolute atomic E-state index is 5.77. The Morgan fingerprint density at radius 3 is 2.00 bits per heavy atom. The van der Waals surface area contributed by atoms with Crippen molar-refractivity contribution >= 4 is 0 Å². The van der Waals surface area contributed by atoms with E-state index in [2.05, 4.69) is 20.8 Å². The third-order valence-corrected chi connectivity index (χ3v) is 2.92. The Morgan fingerprint density at radius 1 is 1.00 bits per heavy atom. The van der Waals surface area contributed by atoms with Crippen LogP contribution in [0.5, 0.6) is 0 Å². The maximum atomic E-state index is 5.77. The Hall–Kier alpha value is -0.0800. The third-order valence-electron chi connectivity index (χ3n) is 2.92.